The number of hydrogen-bond acceptors (Lipinski definition) is 6. The molecular formula is C31H10F10N6OS. The summed E-state index contributed by atoms with van der Waals surface area (Å²) < 4.78 is 152. The third kappa shape index (κ3) is 4.53. The monoisotopic (exact) mass is 704 g/mol. The first-order valence-corrected chi connectivity index (χ1v) is 14.3. The lowest BCUT2D eigenvalue weighted by molar-refractivity contribution is 0.403. The van der Waals surface area contributed by atoms with Crippen molar-refractivity contribution < 1.29 is 48.1 Å². The van der Waals surface area contributed by atoms with E-state index in [1.807, 2.05) is 0 Å². The van der Waals surface area contributed by atoms with Crippen LogP contribution in [0.4, 0.5) is 43.9 Å². The molecule has 0 atom stereocenters. The van der Waals surface area contributed by atoms with E-state index in [1.165, 1.54) is 0 Å². The fourth-order valence-electron chi connectivity index (χ4n) is 5.37. The molecular weight excluding hydrogens is 694 g/mol. The average Bonchev–Trinajstić information content (AvgIpc) is 3.65. The fraction of sp³-hybridized carbons (Fsp3) is 0.0323. The molecule has 1 aliphatic heterocycles. The second-order valence-electron chi connectivity index (χ2n) is 10.7. The van der Waals surface area contributed by atoms with Crippen molar-refractivity contribution in [2.45, 2.75) is 6.92 Å². The molecule has 4 aromatic carbocycles. The predicted molar refractivity (Wildman–Crippen MR) is 156 cm³/mol. The highest BCUT2D eigenvalue weighted by Crippen LogP contribution is 2.40. The van der Waals surface area contributed by atoms with Crippen LogP contribution in [0.15, 0.2) is 36.4 Å². The molecule has 8 rings (SSSR count). The molecule has 18 heteroatoms. The van der Waals surface area contributed by atoms with Crippen molar-refractivity contribution in [1.29, 1.82) is 0 Å². The molecule has 0 radical (unpaired) electrons. The van der Waals surface area contributed by atoms with Gasteiger partial charge in [0, 0.05) is 38.2 Å². The molecule has 7 aromatic rings. The Morgan fingerprint density at radius 2 is 0.959 bits per heavy atom. The van der Waals surface area contributed by atoms with E-state index in [0.29, 0.717) is 12.1 Å². The Labute approximate surface area is 268 Å². The summed E-state index contributed by atoms with van der Waals surface area (Å²) in [7, 11) is 0. The smallest absolute Gasteiger partial charge is 0.217 e. The molecule has 0 spiro atoms. The standard InChI is InChI=1S/C31H10F10N6OS/c1-8-21(38)23(40)25(24(41)22(8)39)48-49-47-30-13-6-19(36)20(37)7-14(13)31(47)46-29-12-5-18(35)16(33)3-10(12)27(44-29)42-26-9-2-15(32)17(34)4-11(9)28(43-26)45-30/h2-7H,1H3,(H,42,43,44,45,46). The van der Waals surface area contributed by atoms with E-state index in [2.05, 4.69) is 24.9 Å². The number of aromatic amines is 1. The molecule has 3 aromatic heterocycles. The lowest BCUT2D eigenvalue weighted by Gasteiger charge is -2.10. The zero-order valence-electron chi connectivity index (χ0n) is 23.8. The Morgan fingerprint density at radius 3 is 1.49 bits per heavy atom. The maximum Gasteiger partial charge on any atom is 0.217 e. The average molecular weight is 705 g/mol. The van der Waals surface area contributed by atoms with Crippen LogP contribution in [0.25, 0.3) is 66.9 Å². The van der Waals surface area contributed by atoms with Gasteiger partial charge in [-0.15, -0.1) is 0 Å². The van der Waals surface area contributed by atoms with Crippen molar-refractivity contribution in [2.24, 2.45) is 0 Å². The van der Waals surface area contributed by atoms with Crippen LogP contribution in [0.1, 0.15) is 5.56 Å². The second kappa shape index (κ2) is 10.7. The largest absolute Gasteiger partial charge is 0.398 e. The van der Waals surface area contributed by atoms with Crippen molar-refractivity contribution in [1.82, 2.24) is 28.9 Å². The molecule has 6 bridgehead atoms. The lowest BCUT2D eigenvalue weighted by Crippen LogP contribution is -2.04. The first-order valence-electron chi connectivity index (χ1n) is 13.6. The van der Waals surface area contributed by atoms with E-state index in [1.54, 1.807) is 0 Å². The van der Waals surface area contributed by atoms with Crippen molar-refractivity contribution in [3.8, 4) is 28.5 Å². The van der Waals surface area contributed by atoms with Gasteiger partial charge in [-0.3, -0.25) is 0 Å². The summed E-state index contributed by atoms with van der Waals surface area (Å²) in [5, 5.41) is -0.737. The van der Waals surface area contributed by atoms with E-state index in [0.717, 1.165) is 35.2 Å². The molecule has 7 nitrogen and oxygen atoms in total. The lowest BCUT2D eigenvalue weighted by atomic mass is 10.1. The first kappa shape index (κ1) is 30.7. The molecule has 246 valence electrons. The number of benzene rings is 4. The van der Waals surface area contributed by atoms with Crippen molar-refractivity contribution in [3.63, 3.8) is 0 Å². The van der Waals surface area contributed by atoms with E-state index in [4.69, 9.17) is 4.18 Å². The molecule has 0 saturated heterocycles. The van der Waals surface area contributed by atoms with Crippen LogP contribution in [-0.2, 0) is 0 Å². The van der Waals surface area contributed by atoms with Crippen molar-refractivity contribution in [3.05, 3.63) is 100 Å². The van der Waals surface area contributed by atoms with Crippen LogP contribution in [0.2, 0.25) is 0 Å². The van der Waals surface area contributed by atoms with Crippen molar-refractivity contribution >= 4 is 56.4 Å². The Bertz CT molecular complexity index is 2680. The molecule has 0 aliphatic carbocycles. The van der Waals surface area contributed by atoms with Gasteiger partial charge in [0.2, 0.25) is 17.4 Å². The Morgan fingerprint density at radius 1 is 0.531 bits per heavy atom. The highest BCUT2D eigenvalue weighted by Gasteiger charge is 2.28. The van der Waals surface area contributed by atoms with Crippen LogP contribution in [0, 0.1) is 65.1 Å². The third-order valence-electron chi connectivity index (χ3n) is 7.77. The topological polar surface area (TPSA) is 81.5 Å². The minimum absolute atomic E-state index is 0.0620. The molecule has 0 saturated carbocycles. The summed E-state index contributed by atoms with van der Waals surface area (Å²) in [5.41, 5.74) is -2.68. The van der Waals surface area contributed by atoms with Crippen LogP contribution < -0.4 is 4.18 Å². The Hall–Kier alpha value is -5.65. The van der Waals surface area contributed by atoms with Crippen LogP contribution >= 0.6 is 12.2 Å². The van der Waals surface area contributed by atoms with Crippen LogP contribution in [-0.4, -0.2) is 28.9 Å². The van der Waals surface area contributed by atoms with Gasteiger partial charge in [-0.25, -0.2) is 59.0 Å². The highest BCUT2D eigenvalue weighted by atomic mass is 32.2. The van der Waals surface area contributed by atoms with Crippen LogP contribution in [0.3, 0.4) is 0 Å². The Balaban J connectivity index is 1.56. The van der Waals surface area contributed by atoms with Gasteiger partial charge in [0.25, 0.3) is 0 Å². The molecule has 49 heavy (non-hydrogen) atoms. The van der Waals surface area contributed by atoms with Gasteiger partial charge >= 0.3 is 0 Å². The van der Waals surface area contributed by atoms with Crippen molar-refractivity contribution in [2.75, 3.05) is 0 Å². The predicted octanol–water partition coefficient (Wildman–Crippen LogP) is 8.97. The van der Waals surface area contributed by atoms with Gasteiger partial charge in [-0.2, -0.15) is 8.78 Å². The number of nitrogens with one attached hydrogen (secondary N) is 1. The summed E-state index contributed by atoms with van der Waals surface area (Å²) in [4.78, 5) is 20.0. The summed E-state index contributed by atoms with van der Waals surface area (Å²) in [6.45, 7) is 0.781. The van der Waals surface area contributed by atoms with E-state index < -0.39 is 86.6 Å². The zero-order chi connectivity index (χ0) is 34.6. The van der Waals surface area contributed by atoms with Gasteiger partial charge in [0.05, 0.1) is 0 Å². The quantitative estimate of drug-likeness (QED) is 0.112. The van der Waals surface area contributed by atoms with Gasteiger partial charge < -0.3 is 9.17 Å². The molecule has 4 heterocycles. The number of rotatable bonds is 3. The van der Waals surface area contributed by atoms with Gasteiger partial charge in [0.15, 0.2) is 81.7 Å². The van der Waals surface area contributed by atoms with E-state index >= 15 is 0 Å². The van der Waals surface area contributed by atoms with Gasteiger partial charge in [0.1, 0.15) is 11.3 Å². The SMILES string of the molecule is Cc1c(F)c(F)c(OSn2c3nc4nc(nc5[nH]c(nc2c2cc(F)c(F)cc23)c2cc(F)c(F)cc52)-c2cc(F)c(F)cc2-4)c(F)c1F. The number of fused-ring (bicyclic) bond motifs is 15. The highest BCUT2D eigenvalue weighted by molar-refractivity contribution is 7.93. The summed E-state index contributed by atoms with van der Waals surface area (Å²) in [6.07, 6.45) is 0. The molecule has 1 aliphatic rings. The molecule has 0 fully saturated rings. The first-order chi connectivity index (χ1) is 23.3. The summed E-state index contributed by atoms with van der Waals surface area (Å²) in [5.74, 6) is -17.7. The number of halogens is 10. The van der Waals surface area contributed by atoms with E-state index in [-0.39, 0.29) is 62.0 Å². The number of nitrogens with zero attached hydrogens (tertiary/aromatic N) is 5. The minimum atomic E-state index is -1.92. The number of hydrogen-bond donors (Lipinski definition) is 1. The molecule has 0 amide bonds. The second-order valence-corrected chi connectivity index (χ2v) is 11.3. The fourth-order valence-corrected chi connectivity index (χ4v) is 6.08. The van der Waals surface area contributed by atoms with Gasteiger partial charge in [-0.05, 0) is 43.3 Å². The molecule has 0 unspecified atom stereocenters. The zero-order valence-corrected chi connectivity index (χ0v) is 24.6. The number of aromatic nitrogens is 6. The molecule has 1 N–H and O–H groups in total. The maximum absolute atomic E-state index is 14.8. The maximum atomic E-state index is 14.8. The van der Waals surface area contributed by atoms with Crippen LogP contribution in [0.5, 0.6) is 5.75 Å². The number of H-pyrrole nitrogens is 1. The minimum Gasteiger partial charge on any atom is -0.398 e. The third-order valence-corrected chi connectivity index (χ3v) is 8.51. The normalized spacial score (nSPS) is 12.1. The van der Waals surface area contributed by atoms with E-state index in [9.17, 15) is 43.9 Å². The Kier molecular flexibility index (Phi) is 6.68. The van der Waals surface area contributed by atoms with Gasteiger partial charge in [-0.1, -0.05) is 0 Å². The summed E-state index contributed by atoms with van der Waals surface area (Å²) >= 11 is -0.0620. The summed E-state index contributed by atoms with van der Waals surface area (Å²) in [6, 6.07) is 4.29.